The van der Waals surface area contributed by atoms with Crippen LogP contribution in [0.2, 0.25) is 0 Å². The van der Waals surface area contributed by atoms with Crippen LogP contribution in [0, 0.1) is 0 Å². The molecule has 1 aromatic rings. The summed E-state index contributed by atoms with van der Waals surface area (Å²) < 4.78 is 11.2. The van der Waals surface area contributed by atoms with Crippen molar-refractivity contribution in [3.63, 3.8) is 0 Å². The van der Waals surface area contributed by atoms with Gasteiger partial charge in [-0.1, -0.05) is 30.3 Å². The van der Waals surface area contributed by atoms with Crippen molar-refractivity contribution in [3.8, 4) is 0 Å². The molecular weight excluding hydrogens is 206 g/mol. The Balaban J connectivity index is 2.43. The van der Waals surface area contributed by atoms with Crippen molar-refractivity contribution in [3.05, 3.63) is 35.9 Å². The molecule has 0 aliphatic heterocycles. The lowest BCUT2D eigenvalue weighted by molar-refractivity contribution is 0.569. The van der Waals surface area contributed by atoms with E-state index in [-0.39, 0.29) is 5.25 Å². The fourth-order valence-electron chi connectivity index (χ4n) is 1.32. The van der Waals surface area contributed by atoms with Crippen LogP contribution in [-0.2, 0) is 10.8 Å². The molecule has 3 unspecified atom stereocenters. The van der Waals surface area contributed by atoms with Gasteiger partial charge in [0.2, 0.25) is 0 Å². The molecule has 0 aliphatic carbocycles. The lowest BCUT2D eigenvalue weighted by Gasteiger charge is -2.16. The molecule has 0 aromatic heterocycles. The van der Waals surface area contributed by atoms with E-state index in [0.717, 1.165) is 6.54 Å². The molecule has 0 aliphatic rings. The van der Waals surface area contributed by atoms with Gasteiger partial charge >= 0.3 is 0 Å². The third-order valence-electron chi connectivity index (χ3n) is 2.58. The van der Waals surface area contributed by atoms with Crippen LogP contribution in [0.1, 0.15) is 25.5 Å². The Morgan fingerprint density at radius 3 is 2.40 bits per heavy atom. The summed E-state index contributed by atoms with van der Waals surface area (Å²) in [5.41, 5.74) is 1.27. The Hall–Kier alpha value is -0.670. The van der Waals surface area contributed by atoms with Gasteiger partial charge in [0.25, 0.3) is 0 Å². The standard InChI is InChI=1S/C12H19NOS/c1-10(15(3)14)9-13-11(2)12-7-5-4-6-8-12/h4-8,10-11,13H,9H2,1-3H3. The highest BCUT2D eigenvalue weighted by molar-refractivity contribution is 7.84. The van der Waals surface area contributed by atoms with Crippen LogP contribution in [-0.4, -0.2) is 22.3 Å². The number of benzene rings is 1. The summed E-state index contributed by atoms with van der Waals surface area (Å²) in [6.45, 7) is 4.92. The maximum Gasteiger partial charge on any atom is 0.0441 e. The number of rotatable bonds is 5. The number of nitrogens with one attached hydrogen (secondary N) is 1. The largest absolute Gasteiger partial charge is 0.309 e. The summed E-state index contributed by atoms with van der Waals surface area (Å²) in [4.78, 5) is 0. The van der Waals surface area contributed by atoms with E-state index >= 15 is 0 Å². The van der Waals surface area contributed by atoms with Gasteiger partial charge in [0.05, 0.1) is 0 Å². The fraction of sp³-hybridized carbons (Fsp3) is 0.500. The number of hydrogen-bond donors (Lipinski definition) is 1. The lowest BCUT2D eigenvalue weighted by atomic mass is 10.1. The van der Waals surface area contributed by atoms with E-state index < -0.39 is 10.8 Å². The molecule has 84 valence electrons. The molecule has 0 radical (unpaired) electrons. The summed E-state index contributed by atoms with van der Waals surface area (Å²) in [5.74, 6) is 0. The van der Waals surface area contributed by atoms with E-state index in [1.165, 1.54) is 5.56 Å². The van der Waals surface area contributed by atoms with E-state index in [2.05, 4.69) is 24.4 Å². The minimum absolute atomic E-state index is 0.205. The van der Waals surface area contributed by atoms with Crippen molar-refractivity contribution in [1.29, 1.82) is 0 Å². The van der Waals surface area contributed by atoms with E-state index in [1.54, 1.807) is 6.26 Å². The first-order valence-electron chi connectivity index (χ1n) is 5.22. The average molecular weight is 225 g/mol. The molecule has 3 heteroatoms. The Kier molecular flexibility index (Phi) is 4.99. The molecule has 1 N–H and O–H groups in total. The van der Waals surface area contributed by atoms with Gasteiger partial charge in [0.1, 0.15) is 0 Å². The van der Waals surface area contributed by atoms with Crippen molar-refractivity contribution in [2.45, 2.75) is 25.1 Å². The second-order valence-electron chi connectivity index (χ2n) is 3.85. The van der Waals surface area contributed by atoms with Gasteiger partial charge in [-0.3, -0.25) is 4.21 Å². The van der Waals surface area contributed by atoms with Crippen LogP contribution in [0.4, 0.5) is 0 Å². The van der Waals surface area contributed by atoms with Gasteiger partial charge in [0, 0.05) is 34.9 Å². The van der Waals surface area contributed by atoms with Crippen LogP contribution in [0.5, 0.6) is 0 Å². The Labute approximate surface area is 94.5 Å². The smallest absolute Gasteiger partial charge is 0.0441 e. The predicted octanol–water partition coefficient (Wildman–Crippen LogP) is 2.10. The van der Waals surface area contributed by atoms with Gasteiger partial charge in [-0.2, -0.15) is 0 Å². The van der Waals surface area contributed by atoms with Crippen molar-refractivity contribution in [2.75, 3.05) is 12.8 Å². The highest BCUT2D eigenvalue weighted by atomic mass is 32.2. The summed E-state index contributed by atoms with van der Waals surface area (Å²) in [7, 11) is -0.746. The molecule has 1 aromatic carbocycles. The van der Waals surface area contributed by atoms with E-state index in [1.807, 2.05) is 25.1 Å². The molecule has 0 fully saturated rings. The number of hydrogen-bond acceptors (Lipinski definition) is 2. The Morgan fingerprint density at radius 2 is 1.87 bits per heavy atom. The van der Waals surface area contributed by atoms with E-state index in [9.17, 15) is 4.21 Å². The van der Waals surface area contributed by atoms with Gasteiger partial charge in [-0.25, -0.2) is 0 Å². The first-order valence-corrected chi connectivity index (χ1v) is 6.84. The summed E-state index contributed by atoms with van der Waals surface area (Å²) in [6, 6.07) is 10.6. The molecule has 0 spiro atoms. The van der Waals surface area contributed by atoms with E-state index in [0.29, 0.717) is 6.04 Å². The topological polar surface area (TPSA) is 29.1 Å². The molecule has 3 atom stereocenters. The summed E-state index contributed by atoms with van der Waals surface area (Å²) >= 11 is 0. The van der Waals surface area contributed by atoms with Gasteiger partial charge < -0.3 is 5.32 Å². The molecule has 0 amide bonds. The second-order valence-corrected chi connectivity index (χ2v) is 5.65. The second kappa shape index (κ2) is 6.03. The average Bonchev–Trinajstić information content (AvgIpc) is 2.26. The summed E-state index contributed by atoms with van der Waals surface area (Å²) in [6.07, 6.45) is 1.75. The minimum Gasteiger partial charge on any atom is -0.309 e. The normalized spacial score (nSPS) is 17.0. The van der Waals surface area contributed by atoms with Crippen molar-refractivity contribution < 1.29 is 4.21 Å². The fourth-order valence-corrected chi connectivity index (χ4v) is 1.65. The zero-order chi connectivity index (χ0) is 11.3. The molecule has 0 bridgehead atoms. The zero-order valence-corrected chi connectivity index (χ0v) is 10.4. The molecule has 1 rings (SSSR count). The maximum atomic E-state index is 11.2. The maximum absolute atomic E-state index is 11.2. The molecule has 0 saturated carbocycles. The quantitative estimate of drug-likeness (QED) is 0.831. The van der Waals surface area contributed by atoms with Crippen LogP contribution < -0.4 is 5.32 Å². The Morgan fingerprint density at radius 1 is 1.27 bits per heavy atom. The molecular formula is C12H19NOS. The predicted molar refractivity (Wildman–Crippen MR) is 66.4 cm³/mol. The minimum atomic E-state index is -0.746. The molecule has 0 saturated heterocycles. The van der Waals surface area contributed by atoms with Gasteiger partial charge in [0.15, 0.2) is 0 Å². The monoisotopic (exact) mass is 225 g/mol. The van der Waals surface area contributed by atoms with Crippen LogP contribution >= 0.6 is 0 Å². The first-order chi connectivity index (χ1) is 7.11. The third-order valence-corrected chi connectivity index (χ3v) is 3.88. The zero-order valence-electron chi connectivity index (χ0n) is 9.57. The highest BCUT2D eigenvalue weighted by Crippen LogP contribution is 2.10. The van der Waals surface area contributed by atoms with Gasteiger partial charge in [-0.05, 0) is 19.4 Å². The Bertz CT molecular complexity index is 313. The van der Waals surface area contributed by atoms with Gasteiger partial charge in [-0.15, -0.1) is 0 Å². The highest BCUT2D eigenvalue weighted by Gasteiger charge is 2.09. The first kappa shape index (κ1) is 12.4. The molecule has 15 heavy (non-hydrogen) atoms. The van der Waals surface area contributed by atoms with E-state index in [4.69, 9.17) is 0 Å². The van der Waals surface area contributed by atoms with Crippen molar-refractivity contribution in [1.82, 2.24) is 5.32 Å². The molecule has 2 nitrogen and oxygen atoms in total. The van der Waals surface area contributed by atoms with Crippen LogP contribution in [0.3, 0.4) is 0 Å². The SMILES string of the molecule is CC(NCC(C)S(C)=O)c1ccccc1. The van der Waals surface area contributed by atoms with Crippen LogP contribution in [0.25, 0.3) is 0 Å². The van der Waals surface area contributed by atoms with Crippen molar-refractivity contribution >= 4 is 10.8 Å². The van der Waals surface area contributed by atoms with Crippen LogP contribution in [0.15, 0.2) is 30.3 Å². The molecule has 0 heterocycles. The summed E-state index contributed by atoms with van der Waals surface area (Å²) in [5, 5.41) is 3.59. The lowest BCUT2D eigenvalue weighted by Crippen LogP contribution is -2.29. The van der Waals surface area contributed by atoms with Crippen molar-refractivity contribution in [2.24, 2.45) is 0 Å². The third kappa shape index (κ3) is 4.14.